The van der Waals surface area contributed by atoms with Crippen molar-refractivity contribution in [2.24, 2.45) is 0 Å². The Balaban J connectivity index is 1.44. The SMILES string of the molecule is O=C(CSc1nnc(Cc2cccs2)c(=O)[nH]1)NC(=O)NCc1ccccc1. The monoisotopic (exact) mass is 415 g/mol. The second-order valence-corrected chi connectivity index (χ2v) is 7.66. The van der Waals surface area contributed by atoms with E-state index in [0.29, 0.717) is 18.7 Å². The Morgan fingerprint density at radius 2 is 1.93 bits per heavy atom. The summed E-state index contributed by atoms with van der Waals surface area (Å²) in [6, 6.07) is 12.6. The van der Waals surface area contributed by atoms with Gasteiger partial charge in [-0.2, -0.15) is 0 Å². The highest BCUT2D eigenvalue weighted by molar-refractivity contribution is 7.99. The Bertz CT molecular complexity index is 990. The summed E-state index contributed by atoms with van der Waals surface area (Å²) < 4.78 is 0. The van der Waals surface area contributed by atoms with Crippen LogP contribution in [0.2, 0.25) is 0 Å². The van der Waals surface area contributed by atoms with Gasteiger partial charge in [0.1, 0.15) is 5.69 Å². The van der Waals surface area contributed by atoms with E-state index in [0.717, 1.165) is 22.2 Å². The predicted octanol–water partition coefficient (Wildman–Crippen LogP) is 1.94. The Kier molecular flexibility index (Phi) is 6.93. The highest BCUT2D eigenvalue weighted by atomic mass is 32.2. The molecule has 0 spiro atoms. The fourth-order valence-corrected chi connectivity index (χ4v) is 3.54. The van der Waals surface area contributed by atoms with Gasteiger partial charge in [-0.15, -0.1) is 21.5 Å². The Morgan fingerprint density at radius 3 is 2.64 bits per heavy atom. The lowest BCUT2D eigenvalue weighted by Crippen LogP contribution is -2.40. The van der Waals surface area contributed by atoms with E-state index in [1.807, 2.05) is 47.8 Å². The van der Waals surface area contributed by atoms with Crippen LogP contribution in [-0.2, 0) is 17.8 Å². The first-order chi connectivity index (χ1) is 13.6. The van der Waals surface area contributed by atoms with E-state index in [2.05, 4.69) is 25.8 Å². The van der Waals surface area contributed by atoms with E-state index in [4.69, 9.17) is 0 Å². The normalized spacial score (nSPS) is 10.4. The van der Waals surface area contributed by atoms with Gasteiger partial charge in [0, 0.05) is 17.8 Å². The number of hydrogen-bond donors (Lipinski definition) is 3. The molecule has 3 amide bonds. The zero-order valence-electron chi connectivity index (χ0n) is 14.7. The molecular weight excluding hydrogens is 398 g/mol. The fraction of sp³-hybridized carbons (Fsp3) is 0.167. The molecule has 8 nitrogen and oxygen atoms in total. The molecule has 3 N–H and O–H groups in total. The minimum atomic E-state index is -0.583. The zero-order valence-corrected chi connectivity index (χ0v) is 16.3. The molecular formula is C18H17N5O3S2. The molecule has 0 atom stereocenters. The van der Waals surface area contributed by atoms with E-state index in [9.17, 15) is 14.4 Å². The number of urea groups is 1. The van der Waals surface area contributed by atoms with E-state index >= 15 is 0 Å². The maximum atomic E-state index is 12.1. The molecule has 0 bridgehead atoms. The van der Waals surface area contributed by atoms with Crippen LogP contribution in [0.3, 0.4) is 0 Å². The fourth-order valence-electron chi connectivity index (χ4n) is 2.22. The summed E-state index contributed by atoms with van der Waals surface area (Å²) >= 11 is 2.53. The van der Waals surface area contributed by atoms with Crippen LogP contribution in [0.15, 0.2) is 57.8 Å². The molecule has 0 fully saturated rings. The van der Waals surface area contributed by atoms with Crippen LogP contribution in [0.25, 0.3) is 0 Å². The average molecular weight is 416 g/mol. The van der Waals surface area contributed by atoms with Gasteiger partial charge in [0.05, 0.1) is 5.75 Å². The van der Waals surface area contributed by atoms with Gasteiger partial charge in [-0.25, -0.2) is 4.79 Å². The van der Waals surface area contributed by atoms with Gasteiger partial charge >= 0.3 is 6.03 Å². The molecule has 2 heterocycles. The van der Waals surface area contributed by atoms with Crippen LogP contribution in [0.1, 0.15) is 16.1 Å². The van der Waals surface area contributed by atoms with Crippen LogP contribution >= 0.6 is 23.1 Å². The first kappa shape index (κ1) is 19.8. The summed E-state index contributed by atoms with van der Waals surface area (Å²) in [7, 11) is 0. The summed E-state index contributed by atoms with van der Waals surface area (Å²) in [5.41, 5.74) is 0.901. The van der Waals surface area contributed by atoms with Crippen LogP contribution in [0.4, 0.5) is 4.79 Å². The number of hydrogen-bond acceptors (Lipinski definition) is 7. The van der Waals surface area contributed by atoms with Crippen LogP contribution in [0, 0.1) is 0 Å². The van der Waals surface area contributed by atoms with Crippen molar-refractivity contribution in [3.63, 3.8) is 0 Å². The molecule has 1 aromatic carbocycles. The van der Waals surface area contributed by atoms with Gasteiger partial charge in [0.2, 0.25) is 5.91 Å². The Labute approximate surface area is 168 Å². The number of nitrogens with one attached hydrogen (secondary N) is 3. The smallest absolute Gasteiger partial charge is 0.321 e. The number of nitrogens with zero attached hydrogens (tertiary/aromatic N) is 2. The number of thioether (sulfide) groups is 1. The number of rotatable bonds is 7. The number of benzene rings is 1. The molecule has 10 heteroatoms. The molecule has 144 valence electrons. The third-order valence-electron chi connectivity index (χ3n) is 3.55. The maximum Gasteiger partial charge on any atom is 0.321 e. The highest BCUT2D eigenvalue weighted by Crippen LogP contribution is 2.12. The van der Waals surface area contributed by atoms with Crippen molar-refractivity contribution in [2.75, 3.05) is 5.75 Å². The van der Waals surface area contributed by atoms with E-state index in [1.165, 1.54) is 11.3 Å². The molecule has 0 unspecified atom stereocenters. The number of carbonyl (C=O) groups is 2. The highest BCUT2D eigenvalue weighted by Gasteiger charge is 2.11. The number of thiophene rings is 1. The van der Waals surface area contributed by atoms with Gasteiger partial charge in [-0.1, -0.05) is 48.2 Å². The standard InChI is InChI=1S/C18H17N5O3S2/c24-15(20-17(26)19-10-12-5-2-1-3-6-12)11-28-18-21-16(25)14(22-23-18)9-13-7-4-8-27-13/h1-8H,9-11H2,(H,21,23,25)(H2,19,20,24,26). The second kappa shape index (κ2) is 9.81. The lowest BCUT2D eigenvalue weighted by Gasteiger charge is -2.06. The summed E-state index contributed by atoms with van der Waals surface area (Å²) in [6.45, 7) is 0.317. The number of aromatic nitrogens is 3. The Hall–Kier alpha value is -2.98. The largest absolute Gasteiger partial charge is 0.334 e. The predicted molar refractivity (Wildman–Crippen MR) is 107 cm³/mol. The number of aromatic amines is 1. The summed E-state index contributed by atoms with van der Waals surface area (Å²) in [4.78, 5) is 39.3. The van der Waals surface area contributed by atoms with Crippen molar-refractivity contribution < 1.29 is 9.59 Å². The van der Waals surface area contributed by atoms with Crippen LogP contribution in [0.5, 0.6) is 0 Å². The zero-order chi connectivity index (χ0) is 19.8. The number of H-pyrrole nitrogens is 1. The van der Waals surface area contributed by atoms with Crippen LogP contribution < -0.4 is 16.2 Å². The number of amides is 3. The summed E-state index contributed by atoms with van der Waals surface area (Å²) in [5.74, 6) is -0.575. The Morgan fingerprint density at radius 1 is 1.11 bits per heavy atom. The second-order valence-electron chi connectivity index (χ2n) is 5.67. The van der Waals surface area contributed by atoms with Crippen molar-refractivity contribution in [3.8, 4) is 0 Å². The quantitative estimate of drug-likeness (QED) is 0.508. The van der Waals surface area contributed by atoms with Crippen molar-refractivity contribution in [2.45, 2.75) is 18.1 Å². The first-order valence-electron chi connectivity index (χ1n) is 8.33. The number of carbonyl (C=O) groups excluding carboxylic acids is 2. The topological polar surface area (TPSA) is 117 Å². The van der Waals surface area contributed by atoms with Crippen molar-refractivity contribution in [3.05, 3.63) is 74.3 Å². The molecule has 0 aliphatic rings. The van der Waals surface area contributed by atoms with E-state index < -0.39 is 11.9 Å². The van der Waals surface area contributed by atoms with Crippen molar-refractivity contribution in [1.82, 2.24) is 25.8 Å². The first-order valence-corrected chi connectivity index (χ1v) is 10.2. The molecule has 0 saturated heterocycles. The van der Waals surface area contributed by atoms with E-state index in [-0.39, 0.29) is 16.5 Å². The third kappa shape index (κ3) is 6.03. The lowest BCUT2D eigenvalue weighted by molar-refractivity contribution is -0.117. The molecule has 2 aromatic heterocycles. The lowest BCUT2D eigenvalue weighted by atomic mass is 10.2. The molecule has 0 saturated carbocycles. The van der Waals surface area contributed by atoms with E-state index in [1.54, 1.807) is 0 Å². The molecule has 28 heavy (non-hydrogen) atoms. The minimum Gasteiger partial charge on any atom is -0.334 e. The van der Waals surface area contributed by atoms with Gasteiger partial charge in [-0.3, -0.25) is 19.9 Å². The average Bonchev–Trinajstić information content (AvgIpc) is 3.21. The molecule has 0 aliphatic heterocycles. The summed E-state index contributed by atoms with van der Waals surface area (Å²) in [5, 5.41) is 14.8. The molecule has 0 radical (unpaired) electrons. The van der Waals surface area contributed by atoms with Crippen molar-refractivity contribution >= 4 is 35.0 Å². The summed E-state index contributed by atoms with van der Waals surface area (Å²) in [6.07, 6.45) is 0.410. The van der Waals surface area contributed by atoms with Gasteiger partial charge in [0.25, 0.3) is 5.56 Å². The van der Waals surface area contributed by atoms with Crippen molar-refractivity contribution in [1.29, 1.82) is 0 Å². The minimum absolute atomic E-state index is 0.0757. The van der Waals surface area contributed by atoms with Gasteiger partial charge < -0.3 is 5.32 Å². The maximum absolute atomic E-state index is 12.1. The third-order valence-corrected chi connectivity index (χ3v) is 5.29. The van der Waals surface area contributed by atoms with Gasteiger partial charge in [-0.05, 0) is 17.0 Å². The molecule has 0 aliphatic carbocycles. The van der Waals surface area contributed by atoms with Gasteiger partial charge in [0.15, 0.2) is 5.16 Å². The molecule has 3 rings (SSSR count). The number of imide groups is 1. The molecule has 3 aromatic rings. The van der Waals surface area contributed by atoms with Crippen LogP contribution in [-0.4, -0.2) is 32.9 Å².